The molecule has 0 amide bonds. The summed E-state index contributed by atoms with van der Waals surface area (Å²) in [6.07, 6.45) is 13.0. The highest BCUT2D eigenvalue weighted by Gasteiger charge is 2.20. The number of sulfone groups is 1. The summed E-state index contributed by atoms with van der Waals surface area (Å²) in [5.41, 5.74) is 5.05. The van der Waals surface area contributed by atoms with Crippen LogP contribution in [-0.4, -0.2) is 8.42 Å². The lowest BCUT2D eigenvalue weighted by Gasteiger charge is -2.15. The van der Waals surface area contributed by atoms with E-state index in [0.717, 1.165) is 77.0 Å². The van der Waals surface area contributed by atoms with Crippen molar-refractivity contribution in [3.8, 4) is 0 Å². The van der Waals surface area contributed by atoms with Crippen LogP contribution in [0.4, 0.5) is 0 Å². The average Bonchev–Trinajstić information content (AvgIpc) is 2.78. The molecule has 2 rings (SSSR count). The van der Waals surface area contributed by atoms with Crippen LogP contribution in [0.3, 0.4) is 0 Å². The minimum absolute atomic E-state index is 0.446. The summed E-state index contributed by atoms with van der Waals surface area (Å²) in [5.74, 6) is 0. The van der Waals surface area contributed by atoms with Crippen LogP contribution in [0.1, 0.15) is 101 Å². The van der Waals surface area contributed by atoms with Gasteiger partial charge in [-0.05, 0) is 97.9 Å². The summed E-state index contributed by atoms with van der Waals surface area (Å²) in [6, 6.07) is 11.7. The van der Waals surface area contributed by atoms with Gasteiger partial charge in [-0.15, -0.1) is 0 Å². The van der Waals surface area contributed by atoms with E-state index in [1.165, 1.54) is 22.3 Å². The molecule has 31 heavy (non-hydrogen) atoms. The summed E-state index contributed by atoms with van der Waals surface area (Å²) in [4.78, 5) is 0.892. The molecule has 0 N–H and O–H groups in total. The van der Waals surface area contributed by atoms with Crippen LogP contribution in [-0.2, 0) is 35.5 Å². The van der Waals surface area contributed by atoms with Gasteiger partial charge in [-0.1, -0.05) is 65.5 Å². The van der Waals surface area contributed by atoms with Gasteiger partial charge in [0.05, 0.1) is 9.79 Å². The Labute approximate surface area is 191 Å². The molecule has 2 aromatic rings. The van der Waals surface area contributed by atoms with Crippen molar-refractivity contribution in [2.24, 2.45) is 0 Å². The fourth-order valence-electron chi connectivity index (χ4n) is 4.10. The number of unbranched alkanes of at least 4 members (excludes halogenated alkanes) is 4. The average molecular weight is 443 g/mol. The number of aryl methyl sites for hydroxylation is 4. The fourth-order valence-corrected chi connectivity index (χ4v) is 5.46. The predicted octanol–water partition coefficient (Wildman–Crippen LogP) is 7.89. The van der Waals surface area contributed by atoms with Gasteiger partial charge in [0.2, 0.25) is 9.84 Å². The topological polar surface area (TPSA) is 34.1 Å². The van der Waals surface area contributed by atoms with E-state index in [9.17, 15) is 8.42 Å². The van der Waals surface area contributed by atoms with Gasteiger partial charge in [-0.2, -0.15) is 0 Å². The molecule has 3 heteroatoms. The SMILES string of the molecule is CCCCc1ccc(S(=O)(=O)c2ccc(CCCC)c(CCCC)c2)cc1CCCC. The van der Waals surface area contributed by atoms with E-state index in [-0.39, 0.29) is 0 Å². The minimum atomic E-state index is -3.51. The van der Waals surface area contributed by atoms with Crippen molar-refractivity contribution >= 4 is 9.84 Å². The van der Waals surface area contributed by atoms with Crippen LogP contribution in [0.2, 0.25) is 0 Å². The molecular formula is C28H42O2S. The van der Waals surface area contributed by atoms with Crippen LogP contribution in [0, 0.1) is 0 Å². The second-order valence-electron chi connectivity index (χ2n) is 8.78. The van der Waals surface area contributed by atoms with Crippen molar-refractivity contribution in [3.63, 3.8) is 0 Å². The lowest BCUT2D eigenvalue weighted by atomic mass is 9.98. The molecule has 0 unspecified atom stereocenters. The smallest absolute Gasteiger partial charge is 0.206 e. The molecule has 0 bridgehead atoms. The molecule has 172 valence electrons. The lowest BCUT2D eigenvalue weighted by Crippen LogP contribution is -2.06. The zero-order chi connectivity index (χ0) is 22.7. The van der Waals surface area contributed by atoms with Crippen molar-refractivity contribution in [1.29, 1.82) is 0 Å². The van der Waals surface area contributed by atoms with Gasteiger partial charge in [0.25, 0.3) is 0 Å². The molecule has 0 aromatic heterocycles. The summed E-state index contributed by atoms with van der Waals surface area (Å²) >= 11 is 0. The van der Waals surface area contributed by atoms with E-state index >= 15 is 0 Å². The van der Waals surface area contributed by atoms with Gasteiger partial charge in [0, 0.05) is 0 Å². The van der Waals surface area contributed by atoms with Crippen LogP contribution >= 0.6 is 0 Å². The number of hydrogen-bond donors (Lipinski definition) is 0. The first-order valence-corrected chi connectivity index (χ1v) is 13.9. The second kappa shape index (κ2) is 13.1. The van der Waals surface area contributed by atoms with E-state index in [1.54, 1.807) is 0 Å². The molecule has 0 heterocycles. The highest BCUT2D eigenvalue weighted by molar-refractivity contribution is 7.91. The second-order valence-corrected chi connectivity index (χ2v) is 10.7. The van der Waals surface area contributed by atoms with Gasteiger partial charge in [0.15, 0.2) is 0 Å². The Morgan fingerprint density at radius 3 is 1.16 bits per heavy atom. The Bertz CT molecular complexity index is 843. The molecule has 0 radical (unpaired) electrons. The van der Waals surface area contributed by atoms with Gasteiger partial charge in [-0.25, -0.2) is 8.42 Å². The zero-order valence-electron chi connectivity index (χ0n) is 20.2. The third-order valence-corrected chi connectivity index (χ3v) is 7.92. The highest BCUT2D eigenvalue weighted by Crippen LogP contribution is 2.28. The summed E-state index contributed by atoms with van der Waals surface area (Å²) < 4.78 is 27.1. The van der Waals surface area contributed by atoms with Crippen LogP contribution in [0.25, 0.3) is 0 Å². The Morgan fingerprint density at radius 2 is 0.839 bits per heavy atom. The lowest BCUT2D eigenvalue weighted by molar-refractivity contribution is 0.595. The van der Waals surface area contributed by atoms with Crippen molar-refractivity contribution in [2.45, 2.75) is 115 Å². The maximum absolute atomic E-state index is 13.5. The Kier molecular flexibility index (Phi) is 10.8. The normalized spacial score (nSPS) is 11.7. The van der Waals surface area contributed by atoms with Crippen LogP contribution in [0.5, 0.6) is 0 Å². The standard InChI is InChI=1S/C28H42O2S/c1-5-9-13-23-17-19-27(21-25(23)15-11-7-3)31(29,30)28-20-18-24(14-10-6-2)26(22-28)16-12-8-4/h17-22H,5-16H2,1-4H3. The largest absolute Gasteiger partial charge is 0.219 e. The van der Waals surface area contributed by atoms with Gasteiger partial charge in [-0.3, -0.25) is 0 Å². The molecular weight excluding hydrogens is 400 g/mol. The fraction of sp³-hybridized carbons (Fsp3) is 0.571. The molecule has 0 saturated heterocycles. The van der Waals surface area contributed by atoms with E-state index < -0.39 is 9.84 Å². The van der Waals surface area contributed by atoms with Crippen molar-refractivity contribution in [2.75, 3.05) is 0 Å². The van der Waals surface area contributed by atoms with E-state index in [2.05, 4.69) is 39.8 Å². The third-order valence-electron chi connectivity index (χ3n) is 6.17. The molecule has 0 aliphatic rings. The third kappa shape index (κ3) is 7.20. The van der Waals surface area contributed by atoms with Gasteiger partial charge < -0.3 is 0 Å². The van der Waals surface area contributed by atoms with Gasteiger partial charge >= 0.3 is 0 Å². The summed E-state index contributed by atoms with van der Waals surface area (Å²) in [6.45, 7) is 8.77. The van der Waals surface area contributed by atoms with Crippen molar-refractivity contribution < 1.29 is 8.42 Å². The summed E-state index contributed by atoms with van der Waals surface area (Å²) in [7, 11) is -3.51. The quantitative estimate of drug-likeness (QED) is 0.298. The molecule has 0 aliphatic carbocycles. The van der Waals surface area contributed by atoms with E-state index in [1.807, 2.05) is 24.3 Å². The first-order valence-electron chi connectivity index (χ1n) is 12.5. The molecule has 2 aromatic carbocycles. The van der Waals surface area contributed by atoms with Gasteiger partial charge in [0.1, 0.15) is 0 Å². The molecule has 0 aliphatic heterocycles. The van der Waals surface area contributed by atoms with Crippen molar-refractivity contribution in [3.05, 3.63) is 58.7 Å². The molecule has 2 nitrogen and oxygen atoms in total. The summed E-state index contributed by atoms with van der Waals surface area (Å²) in [5, 5.41) is 0. The van der Waals surface area contributed by atoms with Crippen LogP contribution < -0.4 is 0 Å². The maximum atomic E-state index is 13.5. The van der Waals surface area contributed by atoms with E-state index in [0.29, 0.717) is 9.79 Å². The number of rotatable bonds is 14. The number of hydrogen-bond acceptors (Lipinski definition) is 2. The Hall–Kier alpha value is -1.61. The van der Waals surface area contributed by atoms with E-state index in [4.69, 9.17) is 0 Å². The first-order chi connectivity index (χ1) is 15.0. The zero-order valence-corrected chi connectivity index (χ0v) is 21.0. The molecule has 0 spiro atoms. The minimum Gasteiger partial charge on any atom is -0.219 e. The van der Waals surface area contributed by atoms with Crippen LogP contribution in [0.15, 0.2) is 46.2 Å². The first kappa shape index (κ1) is 25.6. The molecule has 0 atom stereocenters. The highest BCUT2D eigenvalue weighted by atomic mass is 32.2. The predicted molar refractivity (Wildman–Crippen MR) is 133 cm³/mol. The Balaban J connectivity index is 2.42. The Morgan fingerprint density at radius 1 is 0.516 bits per heavy atom. The monoisotopic (exact) mass is 442 g/mol. The molecule has 0 saturated carbocycles. The maximum Gasteiger partial charge on any atom is 0.206 e. The number of benzene rings is 2. The van der Waals surface area contributed by atoms with Crippen molar-refractivity contribution in [1.82, 2.24) is 0 Å². The molecule has 0 fully saturated rings.